The van der Waals surface area contributed by atoms with Crippen LogP contribution >= 0.6 is 0 Å². The highest BCUT2D eigenvalue weighted by Gasteiger charge is 2.26. The Morgan fingerprint density at radius 1 is 1.32 bits per heavy atom. The van der Waals surface area contributed by atoms with Gasteiger partial charge in [-0.2, -0.15) is 0 Å². The molecule has 5 heteroatoms. The lowest BCUT2D eigenvalue weighted by Gasteiger charge is -2.28. The van der Waals surface area contributed by atoms with Crippen LogP contribution in [0, 0.1) is 5.92 Å². The van der Waals surface area contributed by atoms with Gasteiger partial charge in [0, 0.05) is 24.0 Å². The molecule has 0 radical (unpaired) electrons. The molecule has 0 bridgehead atoms. The van der Waals surface area contributed by atoms with Gasteiger partial charge in [0.25, 0.3) is 0 Å². The lowest BCUT2D eigenvalue weighted by molar-refractivity contribution is -0.146. The van der Waals surface area contributed by atoms with E-state index in [9.17, 15) is 4.79 Å². The van der Waals surface area contributed by atoms with Crippen molar-refractivity contribution in [3.63, 3.8) is 0 Å². The zero-order valence-electron chi connectivity index (χ0n) is 11.4. The predicted molar refractivity (Wildman–Crippen MR) is 72.2 cm³/mol. The summed E-state index contributed by atoms with van der Waals surface area (Å²) in [6, 6.07) is 4.20. The lowest BCUT2D eigenvalue weighted by atomic mass is 9.86. The first-order valence-electron chi connectivity index (χ1n) is 6.57. The van der Waals surface area contributed by atoms with Crippen molar-refractivity contribution in [1.82, 2.24) is 4.98 Å². The Hall–Kier alpha value is -1.78. The normalized spacial score (nSPS) is 22.6. The minimum absolute atomic E-state index is 0.0648. The molecular formula is C14H20N2O3. The number of carbonyl (C=O) groups excluding carboxylic acids is 1. The topological polar surface area (TPSA) is 60.5 Å². The summed E-state index contributed by atoms with van der Waals surface area (Å²) < 4.78 is 9.88. The molecule has 0 aliphatic heterocycles. The van der Waals surface area contributed by atoms with Gasteiger partial charge in [-0.05, 0) is 31.7 Å². The van der Waals surface area contributed by atoms with Crippen LogP contribution in [-0.2, 0) is 9.53 Å². The first kappa shape index (κ1) is 13.6. The molecule has 19 heavy (non-hydrogen) atoms. The Labute approximate surface area is 113 Å². The Morgan fingerprint density at radius 2 is 2.05 bits per heavy atom. The van der Waals surface area contributed by atoms with Crippen molar-refractivity contribution in [1.29, 1.82) is 0 Å². The van der Waals surface area contributed by atoms with Gasteiger partial charge in [0.15, 0.2) is 0 Å². The van der Waals surface area contributed by atoms with E-state index in [-0.39, 0.29) is 11.9 Å². The maximum absolute atomic E-state index is 11.4. The maximum Gasteiger partial charge on any atom is 0.308 e. The summed E-state index contributed by atoms with van der Waals surface area (Å²) in [5.41, 5.74) is 1.01. The zero-order valence-corrected chi connectivity index (χ0v) is 11.4. The largest absolute Gasteiger partial charge is 0.481 e. The van der Waals surface area contributed by atoms with Crippen LogP contribution in [0.1, 0.15) is 25.7 Å². The summed E-state index contributed by atoms with van der Waals surface area (Å²) in [6.07, 6.45) is 5.44. The molecule has 1 fully saturated rings. The second kappa shape index (κ2) is 6.41. The van der Waals surface area contributed by atoms with E-state index in [0.29, 0.717) is 11.9 Å². The monoisotopic (exact) mass is 264 g/mol. The molecule has 1 aliphatic carbocycles. The number of aromatic nitrogens is 1. The summed E-state index contributed by atoms with van der Waals surface area (Å²) in [4.78, 5) is 15.5. The van der Waals surface area contributed by atoms with E-state index in [0.717, 1.165) is 31.4 Å². The molecule has 5 nitrogen and oxygen atoms in total. The average Bonchev–Trinajstić information content (AvgIpc) is 2.47. The van der Waals surface area contributed by atoms with Crippen LogP contribution in [0.4, 0.5) is 5.69 Å². The van der Waals surface area contributed by atoms with Gasteiger partial charge in [-0.1, -0.05) is 0 Å². The first-order valence-corrected chi connectivity index (χ1v) is 6.57. The summed E-state index contributed by atoms with van der Waals surface area (Å²) in [6.45, 7) is 0. The quantitative estimate of drug-likeness (QED) is 0.845. The number of nitrogens with one attached hydrogen (secondary N) is 1. The van der Waals surface area contributed by atoms with E-state index in [1.54, 1.807) is 13.3 Å². The number of carbonyl (C=O) groups is 1. The van der Waals surface area contributed by atoms with Crippen LogP contribution in [-0.4, -0.2) is 31.2 Å². The zero-order chi connectivity index (χ0) is 13.7. The van der Waals surface area contributed by atoms with E-state index < -0.39 is 0 Å². The molecule has 1 heterocycles. The molecule has 1 aliphatic rings. The molecule has 1 saturated carbocycles. The Balaban J connectivity index is 1.86. The van der Waals surface area contributed by atoms with E-state index in [4.69, 9.17) is 9.47 Å². The number of ether oxygens (including phenoxy) is 2. The highest BCUT2D eigenvalue weighted by Crippen LogP contribution is 2.27. The van der Waals surface area contributed by atoms with Gasteiger partial charge in [0.1, 0.15) is 0 Å². The summed E-state index contributed by atoms with van der Waals surface area (Å²) >= 11 is 0. The van der Waals surface area contributed by atoms with Gasteiger partial charge in [-0.3, -0.25) is 4.79 Å². The Bertz CT molecular complexity index is 428. The molecule has 2 rings (SSSR count). The van der Waals surface area contributed by atoms with Crippen LogP contribution in [0.3, 0.4) is 0 Å². The smallest absolute Gasteiger partial charge is 0.308 e. The molecule has 1 aromatic rings. The molecule has 0 unspecified atom stereocenters. The second-order valence-electron chi connectivity index (χ2n) is 4.80. The molecule has 1 aromatic heterocycles. The van der Waals surface area contributed by atoms with Crippen LogP contribution in [0.15, 0.2) is 18.3 Å². The fourth-order valence-corrected chi connectivity index (χ4v) is 2.49. The third kappa shape index (κ3) is 3.59. The maximum atomic E-state index is 11.4. The molecule has 0 spiro atoms. The van der Waals surface area contributed by atoms with Crippen LogP contribution in [0.25, 0.3) is 0 Å². The summed E-state index contributed by atoms with van der Waals surface area (Å²) in [5.74, 6) is 0.590. The molecular weight excluding hydrogens is 244 g/mol. The van der Waals surface area contributed by atoms with E-state index >= 15 is 0 Å². The van der Waals surface area contributed by atoms with Gasteiger partial charge < -0.3 is 14.8 Å². The standard InChI is InChI=1S/C14H20N2O3/c1-18-13-9-12(7-8-15-13)16-11-5-3-10(4-6-11)14(17)19-2/h7-11H,3-6H2,1-2H3,(H,15,16). The van der Waals surface area contributed by atoms with Gasteiger partial charge in [-0.15, -0.1) is 0 Å². The van der Waals surface area contributed by atoms with Crippen molar-refractivity contribution in [2.24, 2.45) is 5.92 Å². The molecule has 0 aromatic carbocycles. The number of anilines is 1. The number of methoxy groups -OCH3 is 2. The Kier molecular flexibility index (Phi) is 4.60. The van der Waals surface area contributed by atoms with Gasteiger partial charge in [0.05, 0.1) is 20.1 Å². The van der Waals surface area contributed by atoms with Crippen LogP contribution < -0.4 is 10.1 Å². The summed E-state index contributed by atoms with van der Waals surface area (Å²) in [7, 11) is 3.06. The fourth-order valence-electron chi connectivity index (χ4n) is 2.49. The van der Waals surface area contributed by atoms with E-state index in [1.807, 2.05) is 12.1 Å². The van der Waals surface area contributed by atoms with E-state index in [1.165, 1.54) is 7.11 Å². The first-order chi connectivity index (χ1) is 9.22. The minimum atomic E-state index is -0.0796. The number of hydrogen-bond donors (Lipinski definition) is 1. The SMILES string of the molecule is COC(=O)C1CCC(Nc2ccnc(OC)c2)CC1. The fraction of sp³-hybridized carbons (Fsp3) is 0.571. The van der Waals surface area contributed by atoms with Crippen LogP contribution in [0.5, 0.6) is 5.88 Å². The van der Waals surface area contributed by atoms with Crippen molar-refractivity contribution in [3.8, 4) is 5.88 Å². The molecule has 104 valence electrons. The highest BCUT2D eigenvalue weighted by atomic mass is 16.5. The number of pyridine rings is 1. The van der Waals surface area contributed by atoms with Crippen molar-refractivity contribution < 1.29 is 14.3 Å². The number of esters is 1. The Morgan fingerprint density at radius 3 is 2.68 bits per heavy atom. The number of hydrogen-bond acceptors (Lipinski definition) is 5. The second-order valence-corrected chi connectivity index (χ2v) is 4.80. The lowest BCUT2D eigenvalue weighted by Crippen LogP contribution is -2.29. The molecule has 0 atom stereocenters. The van der Waals surface area contributed by atoms with Gasteiger partial charge in [0.2, 0.25) is 5.88 Å². The van der Waals surface area contributed by atoms with Crippen molar-refractivity contribution in [2.45, 2.75) is 31.7 Å². The van der Waals surface area contributed by atoms with Gasteiger partial charge in [-0.25, -0.2) is 4.98 Å². The van der Waals surface area contributed by atoms with Gasteiger partial charge >= 0.3 is 5.97 Å². The minimum Gasteiger partial charge on any atom is -0.481 e. The average molecular weight is 264 g/mol. The number of nitrogens with zero attached hydrogens (tertiary/aromatic N) is 1. The molecule has 0 saturated heterocycles. The third-order valence-corrected chi connectivity index (χ3v) is 3.58. The van der Waals surface area contributed by atoms with Crippen LogP contribution in [0.2, 0.25) is 0 Å². The van der Waals surface area contributed by atoms with Crippen molar-refractivity contribution in [2.75, 3.05) is 19.5 Å². The van der Waals surface area contributed by atoms with E-state index in [2.05, 4.69) is 10.3 Å². The highest BCUT2D eigenvalue weighted by molar-refractivity contribution is 5.72. The van der Waals surface area contributed by atoms with Crippen molar-refractivity contribution in [3.05, 3.63) is 18.3 Å². The van der Waals surface area contributed by atoms with Crippen molar-refractivity contribution >= 4 is 11.7 Å². The summed E-state index contributed by atoms with van der Waals surface area (Å²) in [5, 5.41) is 3.46. The number of rotatable bonds is 4. The predicted octanol–water partition coefficient (Wildman–Crippen LogP) is 2.23. The molecule has 1 N–H and O–H groups in total. The third-order valence-electron chi connectivity index (χ3n) is 3.58. The molecule has 0 amide bonds.